The van der Waals surface area contributed by atoms with E-state index in [0.29, 0.717) is 15.2 Å². The SMILES string of the molecule is O=C(c1ccc(Cl)cc1)N(/N=C/c1ccc([N+](=O)[O-])o1)c1nc2ccc(F)cc2s1. The molecule has 11 heteroatoms. The Morgan fingerprint density at radius 2 is 2.00 bits per heavy atom. The summed E-state index contributed by atoms with van der Waals surface area (Å²) >= 11 is 6.95. The van der Waals surface area contributed by atoms with E-state index in [4.69, 9.17) is 16.0 Å². The van der Waals surface area contributed by atoms with Crippen LogP contribution >= 0.6 is 22.9 Å². The second-order valence-electron chi connectivity index (χ2n) is 5.91. The molecular formula is C19H10ClFN4O4S. The fraction of sp³-hybridized carbons (Fsp3) is 0. The highest BCUT2D eigenvalue weighted by Gasteiger charge is 2.21. The molecule has 0 aliphatic rings. The molecule has 0 bridgehead atoms. The van der Waals surface area contributed by atoms with Crippen LogP contribution < -0.4 is 5.01 Å². The molecule has 0 aliphatic carbocycles. The first-order valence-corrected chi connectivity index (χ1v) is 9.54. The van der Waals surface area contributed by atoms with E-state index < -0.39 is 22.5 Å². The average molecular weight is 445 g/mol. The predicted molar refractivity (Wildman–Crippen MR) is 111 cm³/mol. The zero-order valence-corrected chi connectivity index (χ0v) is 16.4. The van der Waals surface area contributed by atoms with Crippen LogP contribution in [0, 0.1) is 15.9 Å². The lowest BCUT2D eigenvalue weighted by atomic mass is 10.2. The number of aromatic nitrogens is 1. The largest absolute Gasteiger partial charge is 0.433 e. The number of benzene rings is 2. The van der Waals surface area contributed by atoms with Crippen LogP contribution in [-0.2, 0) is 0 Å². The maximum Gasteiger partial charge on any atom is 0.433 e. The van der Waals surface area contributed by atoms with Gasteiger partial charge < -0.3 is 4.42 Å². The summed E-state index contributed by atoms with van der Waals surface area (Å²) < 4.78 is 19.1. The summed E-state index contributed by atoms with van der Waals surface area (Å²) in [5.41, 5.74) is 0.779. The van der Waals surface area contributed by atoms with Gasteiger partial charge in [0.25, 0.3) is 5.91 Å². The topological polar surface area (TPSA) is 102 Å². The lowest BCUT2D eigenvalue weighted by Crippen LogP contribution is -2.25. The van der Waals surface area contributed by atoms with Gasteiger partial charge in [0.05, 0.1) is 22.5 Å². The molecular weight excluding hydrogens is 435 g/mol. The monoisotopic (exact) mass is 444 g/mol. The van der Waals surface area contributed by atoms with Crippen LogP contribution in [0.4, 0.5) is 15.4 Å². The van der Waals surface area contributed by atoms with E-state index in [0.717, 1.165) is 22.6 Å². The van der Waals surface area contributed by atoms with Crippen molar-refractivity contribution >= 4 is 56.3 Å². The van der Waals surface area contributed by atoms with Crippen molar-refractivity contribution in [1.29, 1.82) is 0 Å². The van der Waals surface area contributed by atoms with Gasteiger partial charge >= 0.3 is 5.88 Å². The Bertz CT molecular complexity index is 1290. The summed E-state index contributed by atoms with van der Waals surface area (Å²) in [5.74, 6) is -1.34. The Hall–Kier alpha value is -3.63. The molecule has 0 saturated heterocycles. The number of carbonyl (C=O) groups is 1. The highest BCUT2D eigenvalue weighted by Crippen LogP contribution is 2.31. The molecule has 4 rings (SSSR count). The summed E-state index contributed by atoms with van der Waals surface area (Å²) in [6, 6.07) is 12.8. The van der Waals surface area contributed by atoms with E-state index in [1.807, 2.05) is 0 Å². The molecule has 0 unspecified atom stereocenters. The number of hydrazone groups is 1. The molecule has 0 N–H and O–H groups in total. The van der Waals surface area contributed by atoms with Crippen molar-refractivity contribution in [2.24, 2.45) is 5.10 Å². The number of rotatable bonds is 5. The minimum atomic E-state index is -0.684. The van der Waals surface area contributed by atoms with Crippen molar-refractivity contribution in [2.75, 3.05) is 5.01 Å². The number of fused-ring (bicyclic) bond motifs is 1. The summed E-state index contributed by atoms with van der Waals surface area (Å²) in [4.78, 5) is 27.5. The molecule has 30 heavy (non-hydrogen) atoms. The van der Waals surface area contributed by atoms with Crippen molar-refractivity contribution in [3.63, 3.8) is 0 Å². The first-order valence-electron chi connectivity index (χ1n) is 8.35. The quantitative estimate of drug-likeness (QED) is 0.237. The second-order valence-corrected chi connectivity index (χ2v) is 7.36. The van der Waals surface area contributed by atoms with Crippen LogP contribution in [0.25, 0.3) is 10.2 Å². The van der Waals surface area contributed by atoms with Crippen molar-refractivity contribution in [3.8, 4) is 0 Å². The molecule has 1 amide bonds. The number of halogens is 2. The fourth-order valence-corrected chi connectivity index (χ4v) is 3.58. The van der Waals surface area contributed by atoms with Crippen molar-refractivity contribution in [2.45, 2.75) is 0 Å². The van der Waals surface area contributed by atoms with Crippen molar-refractivity contribution in [3.05, 3.63) is 86.9 Å². The number of hydrogen-bond acceptors (Lipinski definition) is 7. The molecule has 4 aromatic rings. The molecule has 2 aromatic heterocycles. The highest BCUT2D eigenvalue weighted by molar-refractivity contribution is 7.22. The predicted octanol–water partition coefficient (Wildman–Crippen LogP) is 5.27. The smallest absolute Gasteiger partial charge is 0.400 e. The summed E-state index contributed by atoms with van der Waals surface area (Å²) in [6.07, 6.45) is 1.16. The van der Waals surface area contributed by atoms with Crippen LogP contribution in [0.2, 0.25) is 5.02 Å². The molecule has 0 radical (unpaired) electrons. The number of nitrogens with zero attached hydrogens (tertiary/aromatic N) is 4. The maximum absolute atomic E-state index is 13.5. The van der Waals surface area contributed by atoms with E-state index in [2.05, 4.69) is 10.1 Å². The van der Waals surface area contributed by atoms with Crippen LogP contribution in [0.5, 0.6) is 0 Å². The van der Waals surface area contributed by atoms with E-state index >= 15 is 0 Å². The number of amides is 1. The zero-order valence-electron chi connectivity index (χ0n) is 14.9. The third-order valence-corrected chi connectivity index (χ3v) is 5.14. The summed E-state index contributed by atoms with van der Waals surface area (Å²) in [5, 5.41) is 16.6. The number of anilines is 1. The van der Waals surface area contributed by atoms with Gasteiger partial charge in [-0.05, 0) is 48.5 Å². The van der Waals surface area contributed by atoms with E-state index in [1.165, 1.54) is 42.5 Å². The minimum Gasteiger partial charge on any atom is -0.400 e. The normalized spacial score (nSPS) is 11.3. The number of thiazole rings is 1. The van der Waals surface area contributed by atoms with E-state index in [-0.39, 0.29) is 16.5 Å². The molecule has 2 heterocycles. The highest BCUT2D eigenvalue weighted by atomic mass is 35.5. The molecule has 0 saturated carbocycles. The molecule has 150 valence electrons. The number of nitro groups is 1. The third-order valence-electron chi connectivity index (χ3n) is 3.90. The van der Waals surface area contributed by atoms with Crippen LogP contribution in [0.15, 0.2) is 64.1 Å². The Balaban J connectivity index is 1.74. The molecule has 8 nitrogen and oxygen atoms in total. The lowest BCUT2D eigenvalue weighted by Gasteiger charge is -2.13. The Morgan fingerprint density at radius 3 is 2.70 bits per heavy atom. The fourth-order valence-electron chi connectivity index (χ4n) is 2.50. The summed E-state index contributed by atoms with van der Waals surface area (Å²) in [6.45, 7) is 0. The number of hydrogen-bond donors (Lipinski definition) is 0. The molecule has 0 aliphatic heterocycles. The van der Waals surface area contributed by atoms with Gasteiger partial charge in [0.15, 0.2) is 5.76 Å². The van der Waals surface area contributed by atoms with Crippen LogP contribution in [0.3, 0.4) is 0 Å². The molecule has 2 aromatic carbocycles. The Kier molecular flexibility index (Phi) is 5.25. The number of carbonyl (C=O) groups excluding carboxylic acids is 1. The van der Waals surface area contributed by atoms with Gasteiger partial charge in [-0.1, -0.05) is 22.9 Å². The first-order chi connectivity index (χ1) is 14.4. The Labute approximate surface area is 177 Å². The first kappa shape index (κ1) is 19.7. The second kappa shape index (κ2) is 8.01. The maximum atomic E-state index is 13.5. The molecule has 0 spiro atoms. The van der Waals surface area contributed by atoms with Gasteiger partial charge in [0, 0.05) is 10.6 Å². The third kappa shape index (κ3) is 4.04. The lowest BCUT2D eigenvalue weighted by molar-refractivity contribution is -0.402. The van der Waals surface area contributed by atoms with Gasteiger partial charge in [-0.2, -0.15) is 10.1 Å². The zero-order chi connectivity index (χ0) is 21.3. The molecule has 0 fully saturated rings. The van der Waals surface area contributed by atoms with Gasteiger partial charge in [0.2, 0.25) is 5.13 Å². The summed E-state index contributed by atoms with van der Waals surface area (Å²) in [7, 11) is 0. The minimum absolute atomic E-state index is 0.0720. The number of furan rings is 1. The van der Waals surface area contributed by atoms with Crippen molar-refractivity contribution in [1.82, 2.24) is 4.98 Å². The standard InChI is InChI=1S/C19H10ClFN4O4S/c20-12-3-1-11(2-4-12)18(26)24(22-10-14-6-8-17(29-14)25(27)28)19-23-15-7-5-13(21)9-16(15)30-19/h1-10H/b22-10+. The van der Waals surface area contributed by atoms with Crippen LogP contribution in [-0.4, -0.2) is 22.0 Å². The van der Waals surface area contributed by atoms with E-state index in [9.17, 15) is 19.3 Å². The van der Waals surface area contributed by atoms with Gasteiger partial charge in [0.1, 0.15) is 10.7 Å². The Morgan fingerprint density at radius 1 is 1.23 bits per heavy atom. The van der Waals surface area contributed by atoms with Gasteiger partial charge in [-0.25, -0.2) is 9.37 Å². The van der Waals surface area contributed by atoms with Gasteiger partial charge in [-0.3, -0.25) is 14.9 Å². The molecule has 0 atom stereocenters. The average Bonchev–Trinajstić information content (AvgIpc) is 3.35. The van der Waals surface area contributed by atoms with E-state index in [1.54, 1.807) is 12.1 Å². The van der Waals surface area contributed by atoms with Gasteiger partial charge in [-0.15, -0.1) is 0 Å². The van der Waals surface area contributed by atoms with Crippen LogP contribution in [0.1, 0.15) is 16.1 Å². The van der Waals surface area contributed by atoms with Crippen molar-refractivity contribution < 1.29 is 18.5 Å².